The Balaban J connectivity index is 1.80. The summed E-state index contributed by atoms with van der Waals surface area (Å²) in [6.07, 6.45) is 13.0. The van der Waals surface area contributed by atoms with Gasteiger partial charge in [-0.15, -0.1) is 0 Å². The predicted octanol–water partition coefficient (Wildman–Crippen LogP) is 6.29. The molecule has 1 aliphatic rings. The number of hydrogen-bond acceptors (Lipinski definition) is 2. The van der Waals surface area contributed by atoms with Crippen LogP contribution in [0.2, 0.25) is 0 Å². The van der Waals surface area contributed by atoms with Crippen LogP contribution < -0.4 is 5.32 Å². The van der Waals surface area contributed by atoms with Crippen molar-refractivity contribution in [2.45, 2.75) is 39.0 Å². The normalized spacial score (nSPS) is 18.9. The summed E-state index contributed by atoms with van der Waals surface area (Å²) in [5, 5.41) is 12.6. The number of aryl methyl sites for hydroxylation is 1. The third-order valence-corrected chi connectivity index (χ3v) is 5.37. The molecule has 1 aliphatic heterocycles. The van der Waals surface area contributed by atoms with Gasteiger partial charge in [-0.3, -0.25) is 0 Å². The second-order valence-corrected chi connectivity index (χ2v) is 7.47. The molecule has 0 bridgehead atoms. The van der Waals surface area contributed by atoms with Gasteiger partial charge in [0, 0.05) is 6.54 Å². The standard InChI is InChI=1S/C26H31NO/c1-21-19-22(14-16-26(21)24-10-4-2-5-11-24)13-15-25-20-27-17-7-3-6-9-23(25)12-8-18-28/h2,4-5,8,10-12,14-16,18-19,27-28H,3,6-7,9,13,17,20H2,1H3/b18-8+,23-12-,25-15-. The number of benzene rings is 2. The van der Waals surface area contributed by atoms with Gasteiger partial charge in [-0.2, -0.15) is 0 Å². The van der Waals surface area contributed by atoms with Gasteiger partial charge in [0.15, 0.2) is 0 Å². The van der Waals surface area contributed by atoms with Gasteiger partial charge < -0.3 is 10.4 Å². The average molecular weight is 374 g/mol. The van der Waals surface area contributed by atoms with E-state index in [1.165, 1.54) is 52.7 Å². The third-order valence-electron chi connectivity index (χ3n) is 5.37. The van der Waals surface area contributed by atoms with Crippen LogP contribution in [-0.2, 0) is 6.42 Å². The molecule has 3 rings (SSSR count). The quantitative estimate of drug-likeness (QED) is 0.617. The van der Waals surface area contributed by atoms with Crippen molar-refractivity contribution < 1.29 is 5.11 Å². The van der Waals surface area contributed by atoms with Gasteiger partial charge in [-0.1, -0.05) is 67.1 Å². The monoisotopic (exact) mass is 373 g/mol. The maximum Gasteiger partial charge on any atom is 0.0791 e. The first-order valence-electron chi connectivity index (χ1n) is 10.3. The minimum atomic E-state index is 0.895. The Morgan fingerprint density at radius 2 is 1.86 bits per heavy atom. The minimum Gasteiger partial charge on any atom is -0.516 e. The summed E-state index contributed by atoms with van der Waals surface area (Å²) in [5.74, 6) is 0. The topological polar surface area (TPSA) is 32.3 Å². The zero-order chi connectivity index (χ0) is 19.6. The van der Waals surface area contributed by atoms with Gasteiger partial charge in [-0.25, -0.2) is 0 Å². The van der Waals surface area contributed by atoms with Crippen molar-refractivity contribution in [2.24, 2.45) is 0 Å². The van der Waals surface area contributed by atoms with E-state index < -0.39 is 0 Å². The molecule has 1 saturated heterocycles. The van der Waals surface area contributed by atoms with Crippen LogP contribution in [0.5, 0.6) is 0 Å². The van der Waals surface area contributed by atoms with Gasteiger partial charge in [0.25, 0.3) is 0 Å². The summed E-state index contributed by atoms with van der Waals surface area (Å²) in [6.45, 7) is 4.16. The maximum atomic E-state index is 9.06. The zero-order valence-corrected chi connectivity index (χ0v) is 16.8. The van der Waals surface area contributed by atoms with E-state index in [1.807, 2.05) is 0 Å². The van der Waals surface area contributed by atoms with Crippen molar-refractivity contribution in [1.29, 1.82) is 0 Å². The Morgan fingerprint density at radius 1 is 1.00 bits per heavy atom. The molecule has 0 saturated carbocycles. The Bertz CT molecular complexity index is 846. The van der Waals surface area contributed by atoms with Gasteiger partial charge in [0.2, 0.25) is 0 Å². The molecule has 0 amide bonds. The van der Waals surface area contributed by atoms with E-state index in [0.717, 1.165) is 32.2 Å². The van der Waals surface area contributed by atoms with Crippen LogP contribution in [0.3, 0.4) is 0 Å². The summed E-state index contributed by atoms with van der Waals surface area (Å²) in [4.78, 5) is 0. The van der Waals surface area contributed by atoms with E-state index in [0.29, 0.717) is 0 Å². The number of aliphatic hydroxyl groups is 1. The summed E-state index contributed by atoms with van der Waals surface area (Å²) in [7, 11) is 0. The van der Waals surface area contributed by atoms with Crippen molar-refractivity contribution in [3.63, 3.8) is 0 Å². The van der Waals surface area contributed by atoms with Gasteiger partial charge in [0.05, 0.1) is 6.26 Å². The van der Waals surface area contributed by atoms with E-state index in [4.69, 9.17) is 5.11 Å². The number of nitrogens with one attached hydrogen (secondary N) is 1. The van der Waals surface area contributed by atoms with E-state index in [2.05, 4.69) is 72.9 Å². The fraction of sp³-hybridized carbons (Fsp3) is 0.308. The van der Waals surface area contributed by atoms with E-state index >= 15 is 0 Å². The lowest BCUT2D eigenvalue weighted by atomic mass is 9.95. The molecule has 146 valence electrons. The molecule has 0 radical (unpaired) electrons. The van der Waals surface area contributed by atoms with E-state index in [9.17, 15) is 0 Å². The summed E-state index contributed by atoms with van der Waals surface area (Å²) < 4.78 is 0. The first-order chi connectivity index (χ1) is 13.8. The van der Waals surface area contributed by atoms with Crippen LogP contribution in [-0.4, -0.2) is 18.2 Å². The lowest BCUT2D eigenvalue weighted by Gasteiger charge is -2.12. The van der Waals surface area contributed by atoms with Crippen LogP contribution in [0, 0.1) is 6.92 Å². The highest BCUT2D eigenvalue weighted by Crippen LogP contribution is 2.25. The van der Waals surface area contributed by atoms with Crippen molar-refractivity contribution in [3.05, 3.63) is 95.3 Å². The maximum absolute atomic E-state index is 9.06. The van der Waals surface area contributed by atoms with Crippen LogP contribution in [0.15, 0.2) is 84.2 Å². The largest absolute Gasteiger partial charge is 0.516 e. The SMILES string of the molecule is Cc1cc(C/C=C2/CNCCCCC/C2=C/C=C/O)ccc1-c1ccccc1. The first kappa shape index (κ1) is 20.2. The van der Waals surface area contributed by atoms with Crippen molar-refractivity contribution >= 4 is 0 Å². The highest BCUT2D eigenvalue weighted by Gasteiger charge is 2.08. The zero-order valence-electron chi connectivity index (χ0n) is 16.8. The Hall–Kier alpha value is -2.58. The fourth-order valence-corrected chi connectivity index (χ4v) is 3.83. The Morgan fingerprint density at radius 3 is 2.64 bits per heavy atom. The molecular weight excluding hydrogens is 342 g/mol. The van der Waals surface area contributed by atoms with Gasteiger partial charge in [0.1, 0.15) is 0 Å². The van der Waals surface area contributed by atoms with Gasteiger partial charge >= 0.3 is 0 Å². The molecule has 1 heterocycles. The fourth-order valence-electron chi connectivity index (χ4n) is 3.83. The second kappa shape index (κ2) is 10.7. The molecule has 2 aromatic rings. The summed E-state index contributed by atoms with van der Waals surface area (Å²) >= 11 is 0. The molecule has 0 aromatic heterocycles. The average Bonchev–Trinajstić information content (AvgIpc) is 2.83. The molecular formula is C26H31NO. The molecule has 2 N–H and O–H groups in total. The summed E-state index contributed by atoms with van der Waals surface area (Å²) in [6, 6.07) is 17.4. The molecule has 2 nitrogen and oxygen atoms in total. The number of allylic oxidation sites excluding steroid dienone is 3. The van der Waals surface area contributed by atoms with Crippen LogP contribution in [0.4, 0.5) is 0 Å². The highest BCUT2D eigenvalue weighted by atomic mass is 16.2. The van der Waals surface area contributed by atoms with Crippen LogP contribution >= 0.6 is 0 Å². The van der Waals surface area contributed by atoms with Gasteiger partial charge in [-0.05, 0) is 78.6 Å². The third kappa shape index (κ3) is 5.71. The number of hydrogen-bond donors (Lipinski definition) is 2. The molecule has 2 aromatic carbocycles. The predicted molar refractivity (Wildman–Crippen MR) is 120 cm³/mol. The molecule has 0 atom stereocenters. The van der Waals surface area contributed by atoms with Crippen LogP contribution in [0.1, 0.15) is 36.8 Å². The first-order valence-corrected chi connectivity index (χ1v) is 10.3. The van der Waals surface area contributed by atoms with Crippen LogP contribution in [0.25, 0.3) is 11.1 Å². The Labute approximate surface area is 169 Å². The molecule has 2 heteroatoms. The molecule has 0 aliphatic carbocycles. The second-order valence-electron chi connectivity index (χ2n) is 7.47. The Kier molecular flexibility index (Phi) is 7.69. The molecule has 0 spiro atoms. The van der Waals surface area contributed by atoms with Crippen molar-refractivity contribution in [1.82, 2.24) is 5.32 Å². The van der Waals surface area contributed by atoms with Crippen molar-refractivity contribution in [3.8, 4) is 11.1 Å². The lowest BCUT2D eigenvalue weighted by molar-refractivity contribution is 0.473. The highest BCUT2D eigenvalue weighted by molar-refractivity contribution is 5.67. The van der Waals surface area contributed by atoms with Crippen molar-refractivity contribution in [2.75, 3.05) is 13.1 Å². The molecule has 0 unspecified atom stereocenters. The minimum absolute atomic E-state index is 0.895. The van der Waals surface area contributed by atoms with E-state index in [-0.39, 0.29) is 0 Å². The smallest absolute Gasteiger partial charge is 0.0791 e. The summed E-state index contributed by atoms with van der Waals surface area (Å²) in [5.41, 5.74) is 7.90. The molecule has 1 fully saturated rings. The lowest BCUT2D eigenvalue weighted by Crippen LogP contribution is -2.18. The molecule has 28 heavy (non-hydrogen) atoms. The van der Waals surface area contributed by atoms with E-state index in [1.54, 1.807) is 6.08 Å². The number of rotatable bonds is 4. The number of aliphatic hydroxyl groups excluding tert-OH is 1.